The van der Waals surface area contributed by atoms with Crippen LogP contribution in [0.3, 0.4) is 0 Å². The third kappa shape index (κ3) is 3.84. The van der Waals surface area contributed by atoms with E-state index in [-0.39, 0.29) is 41.2 Å². The summed E-state index contributed by atoms with van der Waals surface area (Å²) >= 11 is 0. The number of benzene rings is 1. The van der Waals surface area contributed by atoms with E-state index >= 15 is 0 Å². The van der Waals surface area contributed by atoms with Gasteiger partial charge < -0.3 is 10.6 Å². The third-order valence-corrected chi connectivity index (χ3v) is 6.67. The molecule has 140 valence electrons. The second-order valence-corrected chi connectivity index (χ2v) is 8.60. The molecule has 0 bridgehead atoms. The van der Waals surface area contributed by atoms with Crippen LogP contribution in [0.25, 0.3) is 0 Å². The highest BCUT2D eigenvalue weighted by atomic mass is 35.5. The summed E-state index contributed by atoms with van der Waals surface area (Å²) in [6.45, 7) is 4.01. The first-order valence-electron chi connectivity index (χ1n) is 8.48. The molecule has 3 atom stereocenters. The zero-order valence-corrected chi connectivity index (χ0v) is 16.2. The number of hydrogen-bond donors (Lipinski definition) is 2. The summed E-state index contributed by atoms with van der Waals surface area (Å²) in [5, 5.41) is 0. The Kier molecular flexibility index (Phi) is 6.14. The molecule has 3 unspecified atom stereocenters. The smallest absolute Gasteiger partial charge is 0.240 e. The Morgan fingerprint density at radius 3 is 2.72 bits per heavy atom. The molecule has 1 saturated carbocycles. The molecule has 0 radical (unpaired) electrons. The minimum atomic E-state index is -3.57. The number of fused-ring (bicyclic) bond motifs is 1. The van der Waals surface area contributed by atoms with Crippen LogP contribution in [0.15, 0.2) is 23.1 Å². The molecular formula is C17H26ClN3O3S. The monoisotopic (exact) mass is 387 g/mol. The highest BCUT2D eigenvalue weighted by molar-refractivity contribution is 7.89. The molecule has 2 aliphatic rings. The quantitative estimate of drug-likeness (QED) is 0.824. The number of sulfonamides is 1. The molecule has 1 aromatic rings. The van der Waals surface area contributed by atoms with E-state index in [4.69, 9.17) is 5.73 Å². The summed E-state index contributed by atoms with van der Waals surface area (Å²) in [5.74, 6) is 0.189. The average Bonchev–Trinajstić information content (AvgIpc) is 3.08. The lowest BCUT2D eigenvalue weighted by Gasteiger charge is -2.21. The van der Waals surface area contributed by atoms with Gasteiger partial charge in [0.1, 0.15) is 0 Å². The molecule has 0 aromatic heterocycles. The summed E-state index contributed by atoms with van der Waals surface area (Å²) in [7, 11) is -3.57. The van der Waals surface area contributed by atoms with Crippen molar-refractivity contribution >= 4 is 34.0 Å². The predicted octanol–water partition coefficient (Wildman–Crippen LogP) is 1.81. The van der Waals surface area contributed by atoms with Gasteiger partial charge in [-0.05, 0) is 62.4 Å². The Labute approximate surface area is 155 Å². The van der Waals surface area contributed by atoms with Gasteiger partial charge >= 0.3 is 0 Å². The fourth-order valence-electron chi connectivity index (χ4n) is 4.00. The van der Waals surface area contributed by atoms with Crippen molar-refractivity contribution in [2.75, 3.05) is 11.4 Å². The van der Waals surface area contributed by atoms with Gasteiger partial charge in [-0.15, -0.1) is 12.4 Å². The molecule has 3 N–H and O–H groups in total. The topological polar surface area (TPSA) is 92.5 Å². The van der Waals surface area contributed by atoms with Crippen molar-refractivity contribution in [1.82, 2.24) is 4.72 Å². The van der Waals surface area contributed by atoms with Crippen molar-refractivity contribution in [2.24, 2.45) is 11.7 Å². The lowest BCUT2D eigenvalue weighted by molar-refractivity contribution is -0.116. The molecule has 1 heterocycles. The van der Waals surface area contributed by atoms with E-state index in [2.05, 4.69) is 4.72 Å². The number of halogens is 1. The van der Waals surface area contributed by atoms with Crippen molar-refractivity contribution in [3.05, 3.63) is 23.8 Å². The number of nitrogens with two attached hydrogens (primary N) is 1. The van der Waals surface area contributed by atoms with Gasteiger partial charge in [-0.1, -0.05) is 6.42 Å². The molecular weight excluding hydrogens is 362 g/mol. The number of rotatable bonds is 4. The van der Waals surface area contributed by atoms with E-state index in [1.165, 1.54) is 6.92 Å². The molecule has 3 rings (SSSR count). The van der Waals surface area contributed by atoms with Crippen molar-refractivity contribution in [1.29, 1.82) is 0 Å². The van der Waals surface area contributed by atoms with Crippen LogP contribution in [0, 0.1) is 5.92 Å². The number of carbonyl (C=O) groups excluding carboxylic acids is 1. The highest BCUT2D eigenvalue weighted by Crippen LogP contribution is 2.34. The number of amides is 1. The van der Waals surface area contributed by atoms with Gasteiger partial charge in [-0.25, -0.2) is 13.1 Å². The van der Waals surface area contributed by atoms with Gasteiger partial charge in [0, 0.05) is 24.7 Å². The number of carbonyl (C=O) groups is 1. The van der Waals surface area contributed by atoms with E-state index < -0.39 is 10.0 Å². The third-order valence-electron chi connectivity index (χ3n) is 5.18. The molecule has 0 spiro atoms. The Hall–Kier alpha value is -1.15. The van der Waals surface area contributed by atoms with Crippen LogP contribution in [0.5, 0.6) is 0 Å². The van der Waals surface area contributed by atoms with Gasteiger partial charge in [0.05, 0.1) is 4.90 Å². The number of anilines is 1. The van der Waals surface area contributed by atoms with Crippen molar-refractivity contribution in [3.63, 3.8) is 0 Å². The first-order chi connectivity index (χ1) is 11.3. The summed E-state index contributed by atoms with van der Waals surface area (Å²) in [6.07, 6.45) is 3.48. The fourth-order valence-corrected chi connectivity index (χ4v) is 5.39. The van der Waals surface area contributed by atoms with Gasteiger partial charge in [0.15, 0.2) is 0 Å². The molecule has 0 saturated heterocycles. The molecule has 1 aromatic carbocycles. The maximum atomic E-state index is 12.7. The molecule has 1 aliphatic heterocycles. The van der Waals surface area contributed by atoms with E-state index in [1.807, 2.05) is 6.92 Å². The molecule has 25 heavy (non-hydrogen) atoms. The minimum Gasteiger partial charge on any atom is -0.330 e. The van der Waals surface area contributed by atoms with Crippen molar-refractivity contribution < 1.29 is 13.2 Å². The number of nitrogens with zero attached hydrogens (tertiary/aromatic N) is 1. The van der Waals surface area contributed by atoms with Crippen LogP contribution in [0.4, 0.5) is 5.69 Å². The Balaban J connectivity index is 0.00000225. The van der Waals surface area contributed by atoms with Gasteiger partial charge in [-0.2, -0.15) is 0 Å². The standard InChI is InChI=1S/C17H25N3O3S.ClH/c1-11-8-14-9-15(6-7-17(14)20(11)12(2)21)24(22,23)19-16-5-3-4-13(16)10-18;/h6-7,9,11,13,16,19H,3-5,8,10,18H2,1-2H3;1H. The number of hydrogen-bond acceptors (Lipinski definition) is 4. The maximum Gasteiger partial charge on any atom is 0.240 e. The Morgan fingerprint density at radius 1 is 1.36 bits per heavy atom. The Morgan fingerprint density at radius 2 is 2.08 bits per heavy atom. The summed E-state index contributed by atoms with van der Waals surface area (Å²) in [5.41, 5.74) is 7.46. The van der Waals surface area contributed by atoms with Crippen LogP contribution in [0.2, 0.25) is 0 Å². The second-order valence-electron chi connectivity index (χ2n) is 6.89. The first kappa shape index (κ1) is 20.2. The van der Waals surface area contributed by atoms with Crippen LogP contribution >= 0.6 is 12.4 Å². The minimum absolute atomic E-state index is 0. The molecule has 1 fully saturated rings. The summed E-state index contributed by atoms with van der Waals surface area (Å²) in [4.78, 5) is 13.8. The largest absolute Gasteiger partial charge is 0.330 e. The second kappa shape index (κ2) is 7.61. The molecule has 1 amide bonds. The molecule has 1 aliphatic carbocycles. The lowest BCUT2D eigenvalue weighted by Crippen LogP contribution is -2.39. The van der Waals surface area contributed by atoms with Crippen LogP contribution in [-0.2, 0) is 21.2 Å². The van der Waals surface area contributed by atoms with Gasteiger partial charge in [0.2, 0.25) is 15.9 Å². The summed E-state index contributed by atoms with van der Waals surface area (Å²) in [6, 6.07) is 5.00. The zero-order valence-electron chi connectivity index (χ0n) is 14.6. The predicted molar refractivity (Wildman–Crippen MR) is 101 cm³/mol. The first-order valence-corrected chi connectivity index (χ1v) is 9.97. The van der Waals surface area contributed by atoms with Crippen LogP contribution in [-0.4, -0.2) is 33.0 Å². The fraction of sp³-hybridized carbons (Fsp3) is 0.588. The van der Waals surface area contributed by atoms with Crippen molar-refractivity contribution in [2.45, 2.75) is 56.5 Å². The normalized spacial score (nSPS) is 25.6. The van der Waals surface area contributed by atoms with Crippen LogP contribution in [0.1, 0.15) is 38.7 Å². The van der Waals surface area contributed by atoms with Crippen LogP contribution < -0.4 is 15.4 Å². The van der Waals surface area contributed by atoms with E-state index in [1.54, 1.807) is 23.1 Å². The molecule has 8 heteroatoms. The van der Waals surface area contributed by atoms with Gasteiger partial charge in [-0.3, -0.25) is 4.79 Å². The maximum absolute atomic E-state index is 12.7. The van der Waals surface area contributed by atoms with Gasteiger partial charge in [0.25, 0.3) is 0 Å². The summed E-state index contributed by atoms with van der Waals surface area (Å²) < 4.78 is 28.2. The van der Waals surface area contributed by atoms with Crippen molar-refractivity contribution in [3.8, 4) is 0 Å². The SMILES string of the molecule is CC(=O)N1c2ccc(S(=O)(=O)NC3CCCC3CN)cc2CC1C.Cl. The van der Waals surface area contributed by atoms with E-state index in [0.29, 0.717) is 13.0 Å². The Bertz CT molecular complexity index is 754. The van der Waals surface area contributed by atoms with E-state index in [9.17, 15) is 13.2 Å². The number of nitrogens with one attached hydrogen (secondary N) is 1. The van der Waals surface area contributed by atoms with E-state index in [0.717, 1.165) is 30.5 Å². The highest BCUT2D eigenvalue weighted by Gasteiger charge is 2.33. The average molecular weight is 388 g/mol. The lowest BCUT2D eigenvalue weighted by atomic mass is 10.1. The zero-order chi connectivity index (χ0) is 17.5. The molecule has 6 nitrogen and oxygen atoms in total.